The van der Waals surface area contributed by atoms with Gasteiger partial charge in [0, 0.05) is 17.8 Å². The van der Waals surface area contributed by atoms with Crippen LogP contribution in [-0.2, 0) is 0 Å². The fourth-order valence-corrected chi connectivity index (χ4v) is 1.52. The molecule has 1 aromatic rings. The lowest BCUT2D eigenvalue weighted by molar-refractivity contribution is -0.136. The zero-order valence-electron chi connectivity index (χ0n) is 11.4. The molecule has 19 heavy (non-hydrogen) atoms. The number of hydrogen-bond donors (Lipinski definition) is 1. The van der Waals surface area contributed by atoms with Crippen LogP contribution in [0.5, 0.6) is 5.88 Å². The van der Waals surface area contributed by atoms with Gasteiger partial charge in [0.2, 0.25) is 11.8 Å². The van der Waals surface area contributed by atoms with Crippen LogP contribution < -0.4 is 10.1 Å². The van der Waals surface area contributed by atoms with E-state index in [2.05, 4.69) is 15.3 Å². The van der Waals surface area contributed by atoms with Crippen LogP contribution >= 0.6 is 0 Å². The van der Waals surface area contributed by atoms with Gasteiger partial charge < -0.3 is 10.1 Å². The molecule has 0 aliphatic rings. The van der Waals surface area contributed by atoms with Gasteiger partial charge in [0.15, 0.2) is 0 Å². The Kier molecular flexibility index (Phi) is 4.97. The van der Waals surface area contributed by atoms with E-state index in [0.29, 0.717) is 11.6 Å². The van der Waals surface area contributed by atoms with Gasteiger partial charge >= 0.3 is 6.18 Å². The van der Waals surface area contributed by atoms with Crippen molar-refractivity contribution >= 4 is 5.95 Å². The smallest absolute Gasteiger partial charge is 0.391 e. The predicted molar refractivity (Wildman–Crippen MR) is 66.3 cm³/mol. The van der Waals surface area contributed by atoms with Crippen LogP contribution in [0.15, 0.2) is 6.07 Å². The molecule has 0 amide bonds. The lowest BCUT2D eigenvalue weighted by Gasteiger charge is -2.17. The topological polar surface area (TPSA) is 47.0 Å². The molecule has 108 valence electrons. The number of aryl methyl sites for hydroxylation is 1. The van der Waals surface area contributed by atoms with Crippen molar-refractivity contribution in [2.24, 2.45) is 0 Å². The molecule has 1 atom stereocenters. The normalized spacial score (nSPS) is 13.5. The summed E-state index contributed by atoms with van der Waals surface area (Å²) in [6, 6.07) is 0.841. The second-order valence-electron chi connectivity index (χ2n) is 4.70. The molecule has 4 nitrogen and oxygen atoms in total. The van der Waals surface area contributed by atoms with Crippen molar-refractivity contribution in [3.63, 3.8) is 0 Å². The van der Waals surface area contributed by atoms with Gasteiger partial charge in [0.1, 0.15) is 0 Å². The van der Waals surface area contributed by atoms with E-state index in [9.17, 15) is 13.2 Å². The maximum Gasteiger partial charge on any atom is 0.391 e. The van der Waals surface area contributed by atoms with E-state index in [1.165, 1.54) is 6.92 Å². The zero-order valence-corrected chi connectivity index (χ0v) is 11.4. The van der Waals surface area contributed by atoms with Crippen molar-refractivity contribution in [2.45, 2.75) is 52.4 Å². The molecule has 1 unspecified atom stereocenters. The Labute approximate surface area is 110 Å². The number of nitrogens with zero attached hydrogens (tertiary/aromatic N) is 2. The molecule has 0 spiro atoms. The SMILES string of the molecule is Cc1cc(OC(C)C)nc(NC(C)CC(F)(F)F)n1. The van der Waals surface area contributed by atoms with Gasteiger partial charge in [0.25, 0.3) is 0 Å². The Hall–Kier alpha value is -1.53. The lowest BCUT2D eigenvalue weighted by Crippen LogP contribution is -2.25. The Bertz CT molecular complexity index is 421. The number of halogens is 3. The van der Waals surface area contributed by atoms with Crippen molar-refractivity contribution in [2.75, 3.05) is 5.32 Å². The average Bonchev–Trinajstić information content (AvgIpc) is 2.10. The monoisotopic (exact) mass is 277 g/mol. The number of aromatic nitrogens is 2. The van der Waals surface area contributed by atoms with Gasteiger partial charge in [-0.25, -0.2) is 4.98 Å². The van der Waals surface area contributed by atoms with Gasteiger partial charge in [0.05, 0.1) is 12.5 Å². The summed E-state index contributed by atoms with van der Waals surface area (Å²) in [6.07, 6.45) is -5.22. The molecule has 0 bridgehead atoms. The second-order valence-corrected chi connectivity index (χ2v) is 4.70. The minimum atomic E-state index is -4.21. The summed E-state index contributed by atoms with van der Waals surface area (Å²) in [5, 5.41) is 2.63. The van der Waals surface area contributed by atoms with Crippen molar-refractivity contribution in [3.8, 4) is 5.88 Å². The first-order valence-electron chi connectivity index (χ1n) is 6.01. The molecule has 0 aliphatic carbocycles. The van der Waals surface area contributed by atoms with Crippen LogP contribution in [0.25, 0.3) is 0 Å². The highest BCUT2D eigenvalue weighted by Gasteiger charge is 2.30. The summed E-state index contributed by atoms with van der Waals surface area (Å²) in [6.45, 7) is 6.85. The highest BCUT2D eigenvalue weighted by molar-refractivity contribution is 5.31. The fraction of sp³-hybridized carbons (Fsp3) is 0.667. The first-order valence-corrected chi connectivity index (χ1v) is 6.01. The van der Waals surface area contributed by atoms with E-state index in [4.69, 9.17) is 4.74 Å². The van der Waals surface area contributed by atoms with Crippen molar-refractivity contribution in [1.82, 2.24) is 9.97 Å². The molecule has 0 fully saturated rings. The molecule has 0 saturated carbocycles. The molecule has 0 aliphatic heterocycles. The van der Waals surface area contributed by atoms with E-state index >= 15 is 0 Å². The summed E-state index contributed by atoms with van der Waals surface area (Å²) in [5.74, 6) is 0.497. The van der Waals surface area contributed by atoms with Crippen LogP contribution in [0.4, 0.5) is 19.1 Å². The zero-order chi connectivity index (χ0) is 14.6. The van der Waals surface area contributed by atoms with E-state index in [-0.39, 0.29) is 12.1 Å². The highest BCUT2D eigenvalue weighted by atomic mass is 19.4. The second kappa shape index (κ2) is 6.08. The number of alkyl halides is 3. The lowest BCUT2D eigenvalue weighted by atomic mass is 10.2. The third kappa shape index (κ3) is 6.26. The Morgan fingerprint density at radius 1 is 1.26 bits per heavy atom. The first-order chi connectivity index (χ1) is 8.65. The van der Waals surface area contributed by atoms with E-state index in [0.717, 1.165) is 0 Å². The Morgan fingerprint density at radius 3 is 2.42 bits per heavy atom. The summed E-state index contributed by atoms with van der Waals surface area (Å²) in [7, 11) is 0. The average molecular weight is 277 g/mol. The van der Waals surface area contributed by atoms with Crippen molar-refractivity contribution in [3.05, 3.63) is 11.8 Å². The van der Waals surface area contributed by atoms with Gasteiger partial charge in [-0.3, -0.25) is 0 Å². The third-order valence-electron chi connectivity index (χ3n) is 2.10. The summed E-state index contributed by atoms with van der Waals surface area (Å²) >= 11 is 0. The largest absolute Gasteiger partial charge is 0.475 e. The Morgan fingerprint density at radius 2 is 1.89 bits per heavy atom. The van der Waals surface area contributed by atoms with E-state index < -0.39 is 18.6 Å². The number of hydrogen-bond acceptors (Lipinski definition) is 4. The minimum absolute atomic E-state index is 0.0604. The molecule has 1 rings (SSSR count). The molecule has 1 aromatic heterocycles. The maximum atomic E-state index is 12.2. The standard InChI is InChI=1S/C12H18F3N3O/c1-7(2)19-10-5-8(3)16-11(18-10)17-9(4)6-12(13,14)15/h5,7,9H,6H2,1-4H3,(H,16,17,18). The molecule has 0 aromatic carbocycles. The predicted octanol–water partition coefficient (Wildman–Crippen LogP) is 3.33. The van der Waals surface area contributed by atoms with E-state index in [1.807, 2.05) is 13.8 Å². The quantitative estimate of drug-likeness (QED) is 0.896. The van der Waals surface area contributed by atoms with Crippen molar-refractivity contribution in [1.29, 1.82) is 0 Å². The number of ether oxygens (including phenoxy) is 1. The van der Waals surface area contributed by atoms with Gasteiger partial charge in [-0.2, -0.15) is 18.2 Å². The Balaban J connectivity index is 2.75. The molecule has 0 radical (unpaired) electrons. The molecule has 1 heterocycles. The first kappa shape index (κ1) is 15.5. The molecular weight excluding hydrogens is 259 g/mol. The summed E-state index contributed by atoms with van der Waals surface area (Å²) in [5.41, 5.74) is 0.632. The molecule has 1 N–H and O–H groups in total. The van der Waals surface area contributed by atoms with Crippen LogP contribution in [0.1, 0.15) is 32.9 Å². The van der Waals surface area contributed by atoms with E-state index in [1.54, 1.807) is 13.0 Å². The van der Waals surface area contributed by atoms with Crippen LogP contribution in [0.3, 0.4) is 0 Å². The molecule has 0 saturated heterocycles. The van der Waals surface area contributed by atoms with Gasteiger partial charge in [-0.1, -0.05) is 0 Å². The van der Waals surface area contributed by atoms with Gasteiger partial charge in [-0.05, 0) is 27.7 Å². The number of nitrogens with one attached hydrogen (secondary N) is 1. The summed E-state index contributed by atoms with van der Waals surface area (Å²) < 4.78 is 42.1. The summed E-state index contributed by atoms with van der Waals surface area (Å²) in [4.78, 5) is 8.07. The third-order valence-corrected chi connectivity index (χ3v) is 2.10. The van der Waals surface area contributed by atoms with Gasteiger partial charge in [-0.15, -0.1) is 0 Å². The number of rotatable bonds is 5. The van der Waals surface area contributed by atoms with Crippen LogP contribution in [0.2, 0.25) is 0 Å². The van der Waals surface area contributed by atoms with Crippen LogP contribution in [-0.4, -0.2) is 28.3 Å². The highest BCUT2D eigenvalue weighted by Crippen LogP contribution is 2.23. The molecular formula is C12H18F3N3O. The maximum absolute atomic E-state index is 12.2. The van der Waals surface area contributed by atoms with Crippen molar-refractivity contribution < 1.29 is 17.9 Å². The minimum Gasteiger partial charge on any atom is -0.475 e. The van der Waals surface area contributed by atoms with Crippen LogP contribution in [0, 0.1) is 6.92 Å². The fourth-order valence-electron chi connectivity index (χ4n) is 1.52. The molecule has 7 heteroatoms. The number of anilines is 1.